The second-order valence-corrected chi connectivity index (χ2v) is 11.9. The third kappa shape index (κ3) is 26.5. The molecule has 0 aliphatic carbocycles. The zero-order chi connectivity index (χ0) is 25.3. The molecule has 34 heavy (non-hydrogen) atoms. The van der Waals surface area contributed by atoms with Gasteiger partial charge in [-0.3, -0.25) is 9.32 Å². The summed E-state index contributed by atoms with van der Waals surface area (Å²) in [5.41, 5.74) is 0. The van der Waals surface area contributed by atoms with Crippen molar-refractivity contribution >= 4 is 25.5 Å². The Bertz CT molecular complexity index is 504. The van der Waals surface area contributed by atoms with E-state index in [-0.39, 0.29) is 18.6 Å². The highest BCUT2D eigenvalue weighted by Gasteiger charge is 2.19. The predicted molar refractivity (Wildman–Crippen MR) is 146 cm³/mol. The van der Waals surface area contributed by atoms with Gasteiger partial charge in [-0.05, 0) is 18.6 Å². The molecule has 0 heterocycles. The number of carbonyl (C=O) groups excluding carboxylic acids is 1. The lowest BCUT2D eigenvalue weighted by atomic mass is 10.1. The Morgan fingerprint density at radius 3 is 1.68 bits per heavy atom. The SMILES string of the molecule is CCCCCCCCCCCCSCC(COP(=O)(O)O)NC(=O)CCCCCCCCCC. The summed E-state index contributed by atoms with van der Waals surface area (Å²) in [4.78, 5) is 30.3. The smallest absolute Gasteiger partial charge is 0.350 e. The van der Waals surface area contributed by atoms with E-state index < -0.39 is 7.82 Å². The predicted octanol–water partition coefficient (Wildman–Crippen LogP) is 7.77. The molecular formula is C26H54NO5PS. The number of amides is 1. The number of thioether (sulfide) groups is 1. The molecule has 0 aromatic rings. The molecule has 0 saturated heterocycles. The fourth-order valence-electron chi connectivity index (χ4n) is 3.95. The molecule has 6 nitrogen and oxygen atoms in total. The van der Waals surface area contributed by atoms with Crippen LogP contribution >= 0.6 is 19.6 Å². The molecule has 0 saturated carbocycles. The normalized spacial score (nSPS) is 12.7. The Labute approximate surface area is 214 Å². The summed E-state index contributed by atoms with van der Waals surface area (Å²) in [5, 5.41) is 2.92. The molecule has 0 fully saturated rings. The average molecular weight is 524 g/mol. The molecule has 0 aromatic heterocycles. The van der Waals surface area contributed by atoms with Crippen LogP contribution in [0.25, 0.3) is 0 Å². The summed E-state index contributed by atoms with van der Waals surface area (Å²) < 4.78 is 15.8. The first kappa shape index (κ1) is 33.9. The number of phosphoric ester groups is 1. The first-order valence-corrected chi connectivity index (χ1v) is 16.6. The Balaban J connectivity index is 3.92. The molecule has 0 spiro atoms. The van der Waals surface area contributed by atoms with Gasteiger partial charge < -0.3 is 15.1 Å². The van der Waals surface area contributed by atoms with Gasteiger partial charge in [-0.15, -0.1) is 0 Å². The summed E-state index contributed by atoms with van der Waals surface area (Å²) in [7, 11) is -4.54. The Morgan fingerprint density at radius 2 is 1.21 bits per heavy atom. The zero-order valence-electron chi connectivity index (χ0n) is 22.1. The van der Waals surface area contributed by atoms with Gasteiger partial charge in [-0.1, -0.05) is 117 Å². The zero-order valence-corrected chi connectivity index (χ0v) is 23.8. The van der Waals surface area contributed by atoms with E-state index in [1.807, 2.05) is 0 Å². The van der Waals surface area contributed by atoms with Crippen molar-refractivity contribution in [3.63, 3.8) is 0 Å². The number of hydrogen-bond donors (Lipinski definition) is 3. The molecule has 3 N–H and O–H groups in total. The van der Waals surface area contributed by atoms with Crippen molar-refractivity contribution in [3.8, 4) is 0 Å². The van der Waals surface area contributed by atoms with Crippen molar-refractivity contribution in [1.82, 2.24) is 5.32 Å². The van der Waals surface area contributed by atoms with Crippen LogP contribution < -0.4 is 5.32 Å². The van der Waals surface area contributed by atoms with Gasteiger partial charge in [-0.25, -0.2) is 4.57 Å². The van der Waals surface area contributed by atoms with E-state index in [9.17, 15) is 9.36 Å². The topological polar surface area (TPSA) is 95.9 Å². The highest BCUT2D eigenvalue weighted by Crippen LogP contribution is 2.35. The Morgan fingerprint density at radius 1 is 0.765 bits per heavy atom. The van der Waals surface area contributed by atoms with E-state index in [1.165, 1.54) is 89.9 Å². The van der Waals surface area contributed by atoms with Crippen LogP contribution in [-0.4, -0.2) is 39.8 Å². The minimum absolute atomic E-state index is 0.0511. The summed E-state index contributed by atoms with van der Waals surface area (Å²) in [5.74, 6) is 1.56. The number of hydrogen-bond acceptors (Lipinski definition) is 4. The van der Waals surface area contributed by atoms with Gasteiger partial charge in [-0.2, -0.15) is 11.8 Å². The molecule has 204 valence electrons. The van der Waals surface area contributed by atoms with E-state index in [1.54, 1.807) is 11.8 Å². The van der Waals surface area contributed by atoms with Crippen LogP contribution in [0.3, 0.4) is 0 Å². The monoisotopic (exact) mass is 523 g/mol. The fraction of sp³-hybridized carbons (Fsp3) is 0.962. The molecule has 0 aromatic carbocycles. The third-order valence-electron chi connectivity index (χ3n) is 6.03. The molecule has 0 radical (unpaired) electrons. The molecule has 0 bridgehead atoms. The van der Waals surface area contributed by atoms with Crippen molar-refractivity contribution in [2.75, 3.05) is 18.1 Å². The first-order chi connectivity index (χ1) is 16.4. The number of unbranched alkanes of at least 4 members (excludes halogenated alkanes) is 16. The molecule has 0 rings (SSSR count). The van der Waals surface area contributed by atoms with Crippen LogP contribution in [0.4, 0.5) is 0 Å². The minimum atomic E-state index is -4.54. The van der Waals surface area contributed by atoms with Gasteiger partial charge in [0.25, 0.3) is 0 Å². The van der Waals surface area contributed by atoms with Crippen LogP contribution in [0, 0.1) is 0 Å². The van der Waals surface area contributed by atoms with Gasteiger partial charge in [0, 0.05) is 12.2 Å². The van der Waals surface area contributed by atoms with Gasteiger partial charge >= 0.3 is 7.82 Å². The molecule has 1 amide bonds. The molecule has 0 aliphatic rings. The maximum atomic E-state index is 12.3. The van der Waals surface area contributed by atoms with Crippen molar-refractivity contribution in [3.05, 3.63) is 0 Å². The average Bonchev–Trinajstić information content (AvgIpc) is 2.79. The van der Waals surface area contributed by atoms with Crippen molar-refractivity contribution in [1.29, 1.82) is 0 Å². The molecule has 8 heteroatoms. The van der Waals surface area contributed by atoms with E-state index in [2.05, 4.69) is 23.7 Å². The maximum Gasteiger partial charge on any atom is 0.469 e. The van der Waals surface area contributed by atoms with Crippen molar-refractivity contribution in [2.24, 2.45) is 0 Å². The van der Waals surface area contributed by atoms with Crippen LogP contribution in [0.5, 0.6) is 0 Å². The van der Waals surface area contributed by atoms with E-state index in [0.717, 1.165) is 31.4 Å². The van der Waals surface area contributed by atoms with Crippen molar-refractivity contribution < 1.29 is 23.7 Å². The summed E-state index contributed by atoms with van der Waals surface area (Å²) in [6.07, 6.45) is 22.9. The second kappa shape index (κ2) is 24.6. The molecular weight excluding hydrogens is 469 g/mol. The summed E-state index contributed by atoms with van der Waals surface area (Å²) >= 11 is 1.72. The lowest BCUT2D eigenvalue weighted by molar-refractivity contribution is -0.122. The van der Waals surface area contributed by atoms with Crippen LogP contribution in [-0.2, 0) is 13.9 Å². The standard InChI is InChI=1S/C26H54NO5PS/c1-3-5-7-9-11-13-14-16-18-20-22-34-24-25(23-32-33(29,30)31)27-26(28)21-19-17-15-12-10-8-6-4-2/h25H,3-24H2,1-2H3,(H,27,28)(H2,29,30,31). The van der Waals surface area contributed by atoms with Gasteiger partial charge in [0.15, 0.2) is 0 Å². The Hall–Kier alpha value is -0.0700. The van der Waals surface area contributed by atoms with Crippen LogP contribution in [0.15, 0.2) is 0 Å². The number of carbonyl (C=O) groups is 1. The van der Waals surface area contributed by atoms with Gasteiger partial charge in [0.1, 0.15) is 0 Å². The number of rotatable bonds is 26. The molecule has 1 atom stereocenters. The Kier molecular flexibility index (Phi) is 24.6. The van der Waals surface area contributed by atoms with E-state index in [4.69, 9.17) is 9.79 Å². The largest absolute Gasteiger partial charge is 0.469 e. The van der Waals surface area contributed by atoms with Gasteiger partial charge in [0.2, 0.25) is 5.91 Å². The maximum absolute atomic E-state index is 12.3. The highest BCUT2D eigenvalue weighted by atomic mass is 32.2. The van der Waals surface area contributed by atoms with E-state index >= 15 is 0 Å². The second-order valence-electron chi connectivity index (χ2n) is 9.53. The van der Waals surface area contributed by atoms with Crippen LogP contribution in [0.2, 0.25) is 0 Å². The first-order valence-electron chi connectivity index (χ1n) is 14.0. The fourth-order valence-corrected chi connectivity index (χ4v) is 5.37. The lowest BCUT2D eigenvalue weighted by Crippen LogP contribution is -2.39. The summed E-state index contributed by atoms with van der Waals surface area (Å²) in [6.45, 7) is 4.31. The van der Waals surface area contributed by atoms with Crippen molar-refractivity contribution in [2.45, 2.75) is 142 Å². The number of nitrogens with one attached hydrogen (secondary N) is 1. The van der Waals surface area contributed by atoms with Gasteiger partial charge in [0.05, 0.1) is 12.6 Å². The van der Waals surface area contributed by atoms with Crippen LogP contribution in [0.1, 0.15) is 136 Å². The highest BCUT2D eigenvalue weighted by molar-refractivity contribution is 7.99. The minimum Gasteiger partial charge on any atom is -0.350 e. The lowest BCUT2D eigenvalue weighted by Gasteiger charge is -2.19. The number of phosphoric acid groups is 1. The van der Waals surface area contributed by atoms with E-state index in [0.29, 0.717) is 12.2 Å². The molecule has 1 unspecified atom stereocenters. The summed E-state index contributed by atoms with van der Waals surface area (Å²) in [6, 6.07) is -0.373. The third-order valence-corrected chi connectivity index (χ3v) is 7.73. The molecule has 0 aliphatic heterocycles. The quantitative estimate of drug-likeness (QED) is 0.0792.